The summed E-state index contributed by atoms with van der Waals surface area (Å²) in [6.07, 6.45) is 4.17. The summed E-state index contributed by atoms with van der Waals surface area (Å²) >= 11 is 0. The van der Waals surface area contributed by atoms with E-state index in [1.807, 2.05) is 0 Å². The normalized spacial score (nSPS) is 43.1. The van der Waals surface area contributed by atoms with E-state index in [2.05, 4.69) is 41.0 Å². The molecule has 0 amide bonds. The van der Waals surface area contributed by atoms with E-state index >= 15 is 0 Å². The van der Waals surface area contributed by atoms with Crippen LogP contribution in [0.5, 0.6) is 0 Å². The van der Waals surface area contributed by atoms with Crippen LogP contribution in [0.15, 0.2) is 0 Å². The molecule has 4 atom stereocenters. The molecule has 3 fully saturated rings. The Hall–Kier alpha value is -0.160. The molecule has 0 radical (unpaired) electrons. The molecule has 0 aromatic carbocycles. The van der Waals surface area contributed by atoms with Crippen LogP contribution in [0.2, 0.25) is 0 Å². The lowest BCUT2D eigenvalue weighted by Crippen LogP contribution is -2.60. The average molecular weight is 266 g/mol. The summed E-state index contributed by atoms with van der Waals surface area (Å²) in [5.74, 6) is 0. The highest BCUT2D eigenvalue weighted by Gasteiger charge is 2.39. The van der Waals surface area contributed by atoms with Gasteiger partial charge in [0.2, 0.25) is 0 Å². The Bertz CT molecular complexity index is 293. The van der Waals surface area contributed by atoms with Gasteiger partial charge in [0.1, 0.15) is 0 Å². The summed E-state index contributed by atoms with van der Waals surface area (Å²) in [6.45, 7) is 8.63. The number of hydrogen-bond donors (Lipinski definition) is 1. The predicted molar refractivity (Wildman–Crippen MR) is 79.5 cm³/mol. The molecule has 4 heteroatoms. The molecule has 3 saturated heterocycles. The van der Waals surface area contributed by atoms with Crippen molar-refractivity contribution in [3.05, 3.63) is 0 Å². The maximum Gasteiger partial charge on any atom is 0.0354 e. The van der Waals surface area contributed by atoms with Gasteiger partial charge in [0.25, 0.3) is 0 Å². The highest BCUT2D eigenvalue weighted by Crippen LogP contribution is 2.27. The van der Waals surface area contributed by atoms with Gasteiger partial charge in [-0.3, -0.25) is 4.90 Å². The molecule has 0 aromatic heterocycles. The molecule has 3 rings (SSSR count). The maximum absolute atomic E-state index is 3.83. The highest BCUT2D eigenvalue weighted by atomic mass is 15.3. The molecule has 110 valence electrons. The van der Waals surface area contributed by atoms with E-state index < -0.39 is 0 Å². The molecule has 4 nitrogen and oxygen atoms in total. The van der Waals surface area contributed by atoms with Crippen molar-refractivity contribution in [1.29, 1.82) is 0 Å². The molecule has 3 aliphatic rings. The third kappa shape index (κ3) is 2.97. The molecule has 3 unspecified atom stereocenters. The van der Waals surface area contributed by atoms with Crippen LogP contribution in [0.3, 0.4) is 0 Å². The molecular formula is C15H30N4. The van der Waals surface area contributed by atoms with Gasteiger partial charge in [-0.2, -0.15) is 0 Å². The van der Waals surface area contributed by atoms with E-state index in [1.54, 1.807) is 0 Å². The number of likely N-dealkylation sites (tertiary alicyclic amines) is 2. The molecule has 3 heterocycles. The van der Waals surface area contributed by atoms with Crippen molar-refractivity contribution in [2.75, 3.05) is 46.8 Å². The monoisotopic (exact) mass is 266 g/mol. The number of piperazine rings is 1. The Kier molecular flexibility index (Phi) is 4.13. The topological polar surface area (TPSA) is 21.8 Å². The fraction of sp³-hybridized carbons (Fsp3) is 1.00. The van der Waals surface area contributed by atoms with Crippen LogP contribution >= 0.6 is 0 Å². The molecule has 1 N–H and O–H groups in total. The third-order valence-corrected chi connectivity index (χ3v) is 5.29. The van der Waals surface area contributed by atoms with E-state index in [0.29, 0.717) is 12.1 Å². The summed E-state index contributed by atoms with van der Waals surface area (Å²) in [5, 5.41) is 3.83. The first-order valence-electron chi connectivity index (χ1n) is 8.02. The molecule has 0 aromatic rings. The van der Waals surface area contributed by atoms with Gasteiger partial charge >= 0.3 is 0 Å². The van der Waals surface area contributed by atoms with Crippen LogP contribution in [-0.4, -0.2) is 85.7 Å². The first-order valence-corrected chi connectivity index (χ1v) is 8.02. The van der Waals surface area contributed by atoms with Gasteiger partial charge in [0, 0.05) is 43.8 Å². The van der Waals surface area contributed by atoms with Crippen LogP contribution in [-0.2, 0) is 0 Å². The largest absolute Gasteiger partial charge is 0.307 e. The lowest BCUT2D eigenvalue weighted by molar-refractivity contribution is 0.139. The molecular weight excluding hydrogens is 236 g/mol. The molecule has 19 heavy (non-hydrogen) atoms. The second-order valence-electron chi connectivity index (χ2n) is 7.03. The van der Waals surface area contributed by atoms with Gasteiger partial charge in [-0.25, -0.2) is 0 Å². The predicted octanol–water partition coefficient (Wildman–Crippen LogP) is 0.447. The minimum absolute atomic E-state index is 0.628. The van der Waals surface area contributed by atoms with E-state index in [0.717, 1.165) is 12.1 Å². The molecule has 3 aliphatic heterocycles. The summed E-state index contributed by atoms with van der Waals surface area (Å²) in [4.78, 5) is 7.82. The Labute approximate surface area is 118 Å². The fourth-order valence-corrected chi connectivity index (χ4v) is 4.43. The van der Waals surface area contributed by atoms with Gasteiger partial charge in [-0.15, -0.1) is 0 Å². The van der Waals surface area contributed by atoms with Crippen LogP contribution < -0.4 is 5.32 Å². The van der Waals surface area contributed by atoms with Crippen LogP contribution in [0.1, 0.15) is 26.2 Å². The van der Waals surface area contributed by atoms with E-state index in [-0.39, 0.29) is 0 Å². The van der Waals surface area contributed by atoms with Gasteiger partial charge in [0.15, 0.2) is 0 Å². The lowest BCUT2D eigenvalue weighted by Gasteiger charge is -2.40. The van der Waals surface area contributed by atoms with Gasteiger partial charge in [-0.05, 0) is 53.4 Å². The summed E-state index contributed by atoms with van der Waals surface area (Å²) in [6, 6.07) is 2.80. The first-order chi connectivity index (χ1) is 9.13. The van der Waals surface area contributed by atoms with Crippen molar-refractivity contribution in [2.45, 2.75) is 50.4 Å². The highest BCUT2D eigenvalue weighted by molar-refractivity contribution is 4.99. The van der Waals surface area contributed by atoms with E-state index in [9.17, 15) is 0 Å². The quantitative estimate of drug-likeness (QED) is 0.783. The summed E-state index contributed by atoms with van der Waals surface area (Å²) in [5.41, 5.74) is 0. The van der Waals surface area contributed by atoms with Crippen LogP contribution in [0.25, 0.3) is 0 Å². The Morgan fingerprint density at radius 2 is 1.74 bits per heavy atom. The third-order valence-electron chi connectivity index (χ3n) is 5.29. The van der Waals surface area contributed by atoms with Crippen LogP contribution in [0, 0.1) is 0 Å². The van der Waals surface area contributed by atoms with Crippen molar-refractivity contribution >= 4 is 0 Å². The molecule has 0 spiro atoms. The van der Waals surface area contributed by atoms with Gasteiger partial charge < -0.3 is 15.1 Å². The van der Waals surface area contributed by atoms with Crippen molar-refractivity contribution in [1.82, 2.24) is 20.0 Å². The van der Waals surface area contributed by atoms with Crippen molar-refractivity contribution in [3.63, 3.8) is 0 Å². The van der Waals surface area contributed by atoms with Crippen molar-refractivity contribution in [3.8, 4) is 0 Å². The maximum atomic E-state index is 3.83. The Morgan fingerprint density at radius 3 is 2.42 bits per heavy atom. The number of hydrogen-bond acceptors (Lipinski definition) is 4. The average Bonchev–Trinajstić information content (AvgIpc) is 2.95. The first kappa shape index (κ1) is 13.8. The zero-order valence-corrected chi connectivity index (χ0v) is 12.8. The number of likely N-dealkylation sites (N-methyl/N-ethyl adjacent to an activating group) is 2. The Balaban J connectivity index is 1.61. The van der Waals surface area contributed by atoms with Crippen LogP contribution in [0.4, 0.5) is 0 Å². The number of rotatable bonds is 2. The van der Waals surface area contributed by atoms with Gasteiger partial charge in [-0.1, -0.05) is 0 Å². The smallest absolute Gasteiger partial charge is 0.0354 e. The minimum atomic E-state index is 0.628. The summed E-state index contributed by atoms with van der Waals surface area (Å²) < 4.78 is 0. The zero-order chi connectivity index (χ0) is 13.4. The van der Waals surface area contributed by atoms with Crippen molar-refractivity contribution in [2.24, 2.45) is 0 Å². The zero-order valence-electron chi connectivity index (χ0n) is 12.8. The molecule has 0 aliphatic carbocycles. The minimum Gasteiger partial charge on any atom is -0.307 e. The number of nitrogens with zero attached hydrogens (tertiary/aromatic N) is 3. The Morgan fingerprint density at radius 1 is 1.00 bits per heavy atom. The van der Waals surface area contributed by atoms with Gasteiger partial charge in [0.05, 0.1) is 0 Å². The molecule has 0 bridgehead atoms. The summed E-state index contributed by atoms with van der Waals surface area (Å²) in [7, 11) is 4.58. The fourth-order valence-electron chi connectivity index (χ4n) is 4.43. The lowest BCUT2D eigenvalue weighted by atomic mass is 10.00. The second-order valence-corrected chi connectivity index (χ2v) is 7.03. The van der Waals surface area contributed by atoms with E-state index in [1.165, 1.54) is 52.0 Å². The van der Waals surface area contributed by atoms with E-state index in [4.69, 9.17) is 0 Å². The standard InChI is InChI=1S/C15H30N4/c1-12-9-17(2)11-14(16-12)15-8-13(10-18(15)3)19-6-4-5-7-19/h12-16H,4-11H2,1-3H3/t12?,13?,14-,15?/m1/s1. The number of nitrogens with one attached hydrogen (secondary N) is 1. The second kappa shape index (κ2) is 5.68. The SMILES string of the molecule is CC1CN(C)C[C@H](C2CC(N3CCCC3)CN2C)N1. The van der Waals surface area contributed by atoms with Crippen molar-refractivity contribution < 1.29 is 0 Å². The molecule has 0 saturated carbocycles.